The fourth-order valence-electron chi connectivity index (χ4n) is 4.19. The van der Waals surface area contributed by atoms with Gasteiger partial charge in [0.15, 0.2) is 0 Å². The minimum Gasteiger partial charge on any atom is -0.342 e. The van der Waals surface area contributed by atoms with Crippen molar-refractivity contribution in [3.05, 3.63) is 35.6 Å². The molecule has 1 aliphatic carbocycles. The van der Waals surface area contributed by atoms with Crippen molar-refractivity contribution < 1.29 is 9.18 Å². The van der Waals surface area contributed by atoms with E-state index in [1.165, 1.54) is 17.7 Å². The lowest BCUT2D eigenvalue weighted by molar-refractivity contribution is -0.138. The molecule has 1 aromatic rings. The summed E-state index contributed by atoms with van der Waals surface area (Å²) in [4.78, 5) is 14.8. The number of carbonyl (C=O) groups excluding carboxylic acids is 1. The second kappa shape index (κ2) is 8.82. The molecule has 1 saturated carbocycles. The molecule has 0 aromatic heterocycles. The molecule has 1 saturated heterocycles. The van der Waals surface area contributed by atoms with Gasteiger partial charge in [0.2, 0.25) is 5.91 Å². The lowest BCUT2D eigenvalue weighted by Gasteiger charge is -2.34. The van der Waals surface area contributed by atoms with Gasteiger partial charge in [0.1, 0.15) is 5.82 Å². The summed E-state index contributed by atoms with van der Waals surface area (Å²) < 4.78 is 13.0. The summed E-state index contributed by atoms with van der Waals surface area (Å²) in [5.41, 5.74) is 7.00. The van der Waals surface area contributed by atoms with Crippen molar-refractivity contribution in [1.29, 1.82) is 0 Å². The van der Waals surface area contributed by atoms with Gasteiger partial charge in [-0.3, -0.25) is 4.79 Å². The summed E-state index contributed by atoms with van der Waals surface area (Å²) in [7, 11) is 0. The molecule has 2 fully saturated rings. The van der Waals surface area contributed by atoms with E-state index in [1.54, 1.807) is 0 Å². The topological polar surface area (TPSA) is 46.3 Å². The highest BCUT2D eigenvalue weighted by molar-refractivity contribution is 5.85. The molecule has 24 heavy (non-hydrogen) atoms. The van der Waals surface area contributed by atoms with Gasteiger partial charge in [0, 0.05) is 19.0 Å². The lowest BCUT2D eigenvalue weighted by atomic mass is 9.88. The predicted octanol–water partition coefficient (Wildman–Crippen LogP) is 3.40. The zero-order valence-electron chi connectivity index (χ0n) is 14.1. The average molecular weight is 355 g/mol. The fourth-order valence-corrected chi connectivity index (χ4v) is 4.19. The molecule has 0 radical (unpaired) electrons. The number of rotatable bonds is 4. The Bertz CT molecular complexity index is 529. The lowest BCUT2D eigenvalue weighted by Crippen LogP contribution is -2.43. The first-order chi connectivity index (χ1) is 11.2. The highest BCUT2D eigenvalue weighted by Gasteiger charge is 2.35. The number of benzene rings is 1. The minimum atomic E-state index is -0.180. The van der Waals surface area contributed by atoms with Crippen LogP contribution in [0.15, 0.2) is 24.3 Å². The molecule has 2 N–H and O–H groups in total. The van der Waals surface area contributed by atoms with Crippen molar-refractivity contribution in [1.82, 2.24) is 4.90 Å². The number of nitrogens with two attached hydrogens (primary N) is 1. The zero-order chi connectivity index (χ0) is 16.2. The van der Waals surface area contributed by atoms with Gasteiger partial charge in [-0.1, -0.05) is 18.6 Å². The first-order valence-corrected chi connectivity index (χ1v) is 8.90. The highest BCUT2D eigenvalue weighted by Crippen LogP contribution is 2.33. The van der Waals surface area contributed by atoms with Crippen molar-refractivity contribution in [2.24, 2.45) is 23.5 Å². The van der Waals surface area contributed by atoms with Gasteiger partial charge < -0.3 is 10.6 Å². The Morgan fingerprint density at radius 2 is 1.79 bits per heavy atom. The van der Waals surface area contributed by atoms with Gasteiger partial charge in [-0.05, 0) is 68.2 Å². The number of hydrogen-bond donors (Lipinski definition) is 1. The normalized spacial score (nSPS) is 24.7. The number of hydrogen-bond acceptors (Lipinski definition) is 2. The first kappa shape index (κ1) is 19.2. The second-order valence-electron chi connectivity index (χ2n) is 7.13. The van der Waals surface area contributed by atoms with Crippen LogP contribution in [0.3, 0.4) is 0 Å². The van der Waals surface area contributed by atoms with E-state index < -0.39 is 0 Å². The molecule has 1 aromatic carbocycles. The zero-order valence-corrected chi connectivity index (χ0v) is 14.9. The van der Waals surface area contributed by atoms with Crippen LogP contribution in [0.5, 0.6) is 0 Å². The Balaban J connectivity index is 0.00000208. The van der Waals surface area contributed by atoms with Crippen molar-refractivity contribution in [3.63, 3.8) is 0 Å². The van der Waals surface area contributed by atoms with E-state index in [0.717, 1.165) is 51.6 Å². The van der Waals surface area contributed by atoms with Crippen LogP contribution in [0.4, 0.5) is 4.39 Å². The quantitative estimate of drug-likeness (QED) is 0.900. The minimum absolute atomic E-state index is 0. The second-order valence-corrected chi connectivity index (χ2v) is 7.13. The summed E-state index contributed by atoms with van der Waals surface area (Å²) >= 11 is 0. The Kier molecular flexibility index (Phi) is 7.05. The van der Waals surface area contributed by atoms with Crippen LogP contribution in [-0.2, 0) is 11.2 Å². The van der Waals surface area contributed by atoms with Crippen molar-refractivity contribution in [2.45, 2.75) is 38.5 Å². The first-order valence-electron chi connectivity index (χ1n) is 8.90. The largest absolute Gasteiger partial charge is 0.342 e. The summed E-state index contributed by atoms with van der Waals surface area (Å²) in [6, 6.07) is 6.80. The van der Waals surface area contributed by atoms with Crippen LogP contribution in [0.25, 0.3) is 0 Å². The molecule has 3 rings (SSSR count). The molecule has 1 amide bonds. The Morgan fingerprint density at radius 3 is 2.42 bits per heavy atom. The Hall–Kier alpha value is -1.13. The maximum Gasteiger partial charge on any atom is 0.226 e. The van der Waals surface area contributed by atoms with E-state index in [-0.39, 0.29) is 24.1 Å². The van der Waals surface area contributed by atoms with Crippen molar-refractivity contribution in [3.8, 4) is 0 Å². The van der Waals surface area contributed by atoms with E-state index >= 15 is 0 Å². The van der Waals surface area contributed by atoms with Crippen LogP contribution in [0, 0.1) is 23.6 Å². The molecule has 0 unspecified atom stereocenters. The summed E-state index contributed by atoms with van der Waals surface area (Å²) in [5, 5.41) is 0. The van der Waals surface area contributed by atoms with Gasteiger partial charge in [0.25, 0.3) is 0 Å². The van der Waals surface area contributed by atoms with E-state index in [9.17, 15) is 9.18 Å². The number of amides is 1. The number of piperidine rings is 1. The average Bonchev–Trinajstić information content (AvgIpc) is 3.06. The van der Waals surface area contributed by atoms with Gasteiger partial charge in [0.05, 0.1) is 0 Å². The smallest absolute Gasteiger partial charge is 0.226 e. The molecule has 1 heterocycles. The van der Waals surface area contributed by atoms with Crippen LogP contribution in [0.1, 0.15) is 37.7 Å². The third kappa shape index (κ3) is 4.48. The van der Waals surface area contributed by atoms with E-state index in [4.69, 9.17) is 5.73 Å². The van der Waals surface area contributed by atoms with Gasteiger partial charge in [-0.25, -0.2) is 4.39 Å². The molecular formula is C19H28ClFN2O. The van der Waals surface area contributed by atoms with Gasteiger partial charge in [-0.2, -0.15) is 0 Å². The van der Waals surface area contributed by atoms with E-state index in [1.807, 2.05) is 12.1 Å². The third-order valence-corrected chi connectivity index (χ3v) is 5.64. The number of halogens is 2. The number of carbonyl (C=O) groups is 1. The van der Waals surface area contributed by atoms with Crippen LogP contribution in [0.2, 0.25) is 0 Å². The van der Waals surface area contributed by atoms with Crippen LogP contribution in [-0.4, -0.2) is 30.4 Å². The molecule has 5 heteroatoms. The molecule has 0 spiro atoms. The molecule has 134 valence electrons. The van der Waals surface area contributed by atoms with Gasteiger partial charge >= 0.3 is 0 Å². The van der Waals surface area contributed by atoms with Crippen molar-refractivity contribution in [2.75, 3.05) is 19.6 Å². The molecule has 3 nitrogen and oxygen atoms in total. The Labute approximate surface area is 150 Å². The van der Waals surface area contributed by atoms with E-state index in [0.29, 0.717) is 24.3 Å². The summed E-state index contributed by atoms with van der Waals surface area (Å²) in [6.07, 6.45) is 6.33. The predicted molar refractivity (Wildman–Crippen MR) is 96.5 cm³/mol. The fraction of sp³-hybridized carbons (Fsp3) is 0.632. The number of likely N-dealkylation sites (tertiary alicyclic amines) is 1. The summed E-state index contributed by atoms with van der Waals surface area (Å²) in [6.45, 7) is 2.36. The van der Waals surface area contributed by atoms with Crippen LogP contribution < -0.4 is 5.73 Å². The van der Waals surface area contributed by atoms with Crippen molar-refractivity contribution >= 4 is 18.3 Å². The third-order valence-electron chi connectivity index (χ3n) is 5.64. The molecule has 0 bridgehead atoms. The molecule has 2 aliphatic rings. The molecule has 2 atom stereocenters. The maximum atomic E-state index is 13.0. The monoisotopic (exact) mass is 354 g/mol. The van der Waals surface area contributed by atoms with E-state index in [2.05, 4.69) is 4.90 Å². The Morgan fingerprint density at radius 1 is 1.12 bits per heavy atom. The highest BCUT2D eigenvalue weighted by atomic mass is 35.5. The summed E-state index contributed by atoms with van der Waals surface area (Å²) in [5.74, 6) is 1.30. The number of nitrogens with zero attached hydrogens (tertiary/aromatic N) is 1. The molecular weight excluding hydrogens is 327 g/mol. The molecule has 1 aliphatic heterocycles. The standard InChI is InChI=1S/C19H27FN2O.ClH/c20-17-6-4-14(5-7-17)12-15-8-10-22(11-9-15)19(23)18-3-1-2-16(18)13-21;/h4-7,15-16,18H,1-3,8-13,21H2;1H/t16-,18-;/m1./s1. The van der Waals surface area contributed by atoms with Gasteiger partial charge in [-0.15, -0.1) is 12.4 Å². The van der Waals surface area contributed by atoms with Crippen LogP contribution >= 0.6 is 12.4 Å². The SMILES string of the molecule is Cl.NC[C@H]1CCC[C@H]1C(=O)N1CCC(Cc2ccc(F)cc2)CC1. The maximum absolute atomic E-state index is 13.0.